The van der Waals surface area contributed by atoms with Crippen LogP contribution >= 0.6 is 11.3 Å². The normalized spacial score (nSPS) is 16.3. The quantitative estimate of drug-likeness (QED) is 0.878. The van der Waals surface area contributed by atoms with Crippen molar-refractivity contribution in [3.63, 3.8) is 0 Å². The summed E-state index contributed by atoms with van der Waals surface area (Å²) in [6, 6.07) is 0. The number of likely N-dealkylation sites (tertiary alicyclic amines) is 1. The minimum atomic E-state index is -0.470. The lowest BCUT2D eigenvalue weighted by Crippen LogP contribution is -2.17. The molecule has 1 aromatic heterocycles. The van der Waals surface area contributed by atoms with Gasteiger partial charge in [0.1, 0.15) is 0 Å². The lowest BCUT2D eigenvalue weighted by Gasteiger charge is -2.11. The van der Waals surface area contributed by atoms with Gasteiger partial charge in [-0.15, -0.1) is 11.3 Å². The van der Waals surface area contributed by atoms with Crippen molar-refractivity contribution in [1.82, 2.24) is 9.88 Å². The van der Waals surface area contributed by atoms with Gasteiger partial charge in [0, 0.05) is 17.6 Å². The van der Waals surface area contributed by atoms with E-state index in [0.29, 0.717) is 5.13 Å². The van der Waals surface area contributed by atoms with Crippen molar-refractivity contribution in [2.24, 2.45) is 0 Å². The van der Waals surface area contributed by atoms with Gasteiger partial charge in [-0.1, -0.05) is 0 Å². The molecule has 1 amide bonds. The number of hydrogen-bond acceptors (Lipinski definition) is 5. The van der Waals surface area contributed by atoms with Crippen molar-refractivity contribution in [3.05, 3.63) is 11.1 Å². The van der Waals surface area contributed by atoms with E-state index in [0.717, 1.165) is 19.6 Å². The molecule has 16 heavy (non-hydrogen) atoms. The first-order valence-electron chi connectivity index (χ1n) is 5.30. The third-order valence-corrected chi connectivity index (χ3v) is 3.42. The molecule has 0 aromatic carbocycles. The smallest absolute Gasteiger partial charge is 0.413 e. The number of aromatic nitrogens is 1. The van der Waals surface area contributed by atoms with Crippen LogP contribution in [0.15, 0.2) is 6.20 Å². The van der Waals surface area contributed by atoms with Gasteiger partial charge in [-0.05, 0) is 25.9 Å². The van der Waals surface area contributed by atoms with Crippen LogP contribution < -0.4 is 5.32 Å². The third kappa shape index (κ3) is 2.93. The summed E-state index contributed by atoms with van der Waals surface area (Å²) in [6.07, 6.45) is 3.91. The van der Waals surface area contributed by atoms with Crippen molar-refractivity contribution in [2.75, 3.05) is 25.5 Å². The molecule has 0 atom stereocenters. The molecule has 1 aliphatic rings. The average molecular weight is 241 g/mol. The molecule has 1 aromatic rings. The highest BCUT2D eigenvalue weighted by Gasteiger charge is 2.13. The maximum Gasteiger partial charge on any atom is 0.413 e. The standard InChI is InChI=1S/C10H15N3O2S/c1-15-10(14)12-9-11-6-8(16-9)7-13-4-2-3-5-13/h6H,2-5,7H2,1H3,(H,11,12,14). The lowest BCUT2D eigenvalue weighted by atomic mass is 10.4. The molecule has 1 saturated heterocycles. The topological polar surface area (TPSA) is 54.5 Å². The molecule has 0 saturated carbocycles. The van der Waals surface area contributed by atoms with E-state index < -0.39 is 6.09 Å². The van der Waals surface area contributed by atoms with Crippen LogP contribution in [0.3, 0.4) is 0 Å². The molecule has 0 aliphatic carbocycles. The molecule has 0 bridgehead atoms. The number of nitrogens with zero attached hydrogens (tertiary/aromatic N) is 2. The number of hydrogen-bond donors (Lipinski definition) is 1. The molecule has 1 aliphatic heterocycles. The summed E-state index contributed by atoms with van der Waals surface area (Å²) in [5.74, 6) is 0. The number of nitrogens with one attached hydrogen (secondary N) is 1. The van der Waals surface area contributed by atoms with Crippen LogP contribution in [0.25, 0.3) is 0 Å². The Bertz CT molecular complexity index is 361. The highest BCUT2D eigenvalue weighted by Crippen LogP contribution is 2.21. The summed E-state index contributed by atoms with van der Waals surface area (Å²) in [7, 11) is 1.34. The molecule has 88 valence electrons. The van der Waals surface area contributed by atoms with E-state index in [9.17, 15) is 4.79 Å². The van der Waals surface area contributed by atoms with Crippen molar-refractivity contribution >= 4 is 22.6 Å². The zero-order chi connectivity index (χ0) is 11.4. The van der Waals surface area contributed by atoms with E-state index in [-0.39, 0.29) is 0 Å². The number of rotatable bonds is 3. The lowest BCUT2D eigenvalue weighted by molar-refractivity contribution is 0.187. The molecule has 0 unspecified atom stereocenters. The van der Waals surface area contributed by atoms with Gasteiger partial charge in [0.25, 0.3) is 0 Å². The minimum Gasteiger partial charge on any atom is -0.453 e. The summed E-state index contributed by atoms with van der Waals surface area (Å²) < 4.78 is 4.50. The van der Waals surface area contributed by atoms with Crippen LogP contribution in [-0.2, 0) is 11.3 Å². The Hall–Kier alpha value is -1.14. The zero-order valence-electron chi connectivity index (χ0n) is 9.23. The van der Waals surface area contributed by atoms with E-state index in [1.807, 2.05) is 6.20 Å². The SMILES string of the molecule is COC(=O)Nc1ncc(CN2CCCC2)s1. The zero-order valence-corrected chi connectivity index (χ0v) is 10.0. The first-order valence-corrected chi connectivity index (χ1v) is 6.11. The van der Waals surface area contributed by atoms with E-state index in [2.05, 4.69) is 19.9 Å². The Kier molecular flexibility index (Phi) is 3.74. The Labute approximate surface area is 98.4 Å². The van der Waals surface area contributed by atoms with Gasteiger partial charge >= 0.3 is 6.09 Å². The second-order valence-corrected chi connectivity index (χ2v) is 4.85. The second kappa shape index (κ2) is 5.27. The maximum atomic E-state index is 11.0. The first kappa shape index (κ1) is 11.3. The van der Waals surface area contributed by atoms with Crippen LogP contribution in [0.4, 0.5) is 9.93 Å². The van der Waals surface area contributed by atoms with Gasteiger partial charge in [0.15, 0.2) is 5.13 Å². The van der Waals surface area contributed by atoms with Gasteiger partial charge in [-0.2, -0.15) is 0 Å². The van der Waals surface area contributed by atoms with Gasteiger partial charge in [0.2, 0.25) is 0 Å². The Morgan fingerprint density at radius 3 is 3.06 bits per heavy atom. The van der Waals surface area contributed by atoms with Gasteiger partial charge in [-0.25, -0.2) is 9.78 Å². The Morgan fingerprint density at radius 1 is 1.62 bits per heavy atom. The van der Waals surface area contributed by atoms with Crippen LogP contribution in [-0.4, -0.2) is 36.2 Å². The predicted molar refractivity (Wildman–Crippen MR) is 62.7 cm³/mol. The van der Waals surface area contributed by atoms with Crippen molar-refractivity contribution < 1.29 is 9.53 Å². The fourth-order valence-electron chi connectivity index (χ4n) is 1.74. The number of amides is 1. The van der Waals surface area contributed by atoms with Crippen molar-refractivity contribution in [3.8, 4) is 0 Å². The molecule has 6 heteroatoms. The number of thiazole rings is 1. The molecule has 0 radical (unpaired) electrons. The summed E-state index contributed by atoms with van der Waals surface area (Å²) >= 11 is 1.50. The Morgan fingerprint density at radius 2 is 2.38 bits per heavy atom. The summed E-state index contributed by atoms with van der Waals surface area (Å²) in [5.41, 5.74) is 0. The molecule has 1 N–H and O–H groups in total. The molecular weight excluding hydrogens is 226 g/mol. The number of methoxy groups -OCH3 is 1. The van der Waals surface area contributed by atoms with Crippen LogP contribution in [0.5, 0.6) is 0 Å². The average Bonchev–Trinajstić information content (AvgIpc) is 2.91. The van der Waals surface area contributed by atoms with Crippen molar-refractivity contribution in [2.45, 2.75) is 19.4 Å². The van der Waals surface area contributed by atoms with E-state index >= 15 is 0 Å². The highest BCUT2D eigenvalue weighted by molar-refractivity contribution is 7.15. The molecule has 1 fully saturated rings. The number of ether oxygens (including phenoxy) is 1. The summed E-state index contributed by atoms with van der Waals surface area (Å²) in [6.45, 7) is 3.26. The summed E-state index contributed by atoms with van der Waals surface area (Å²) in [5, 5.41) is 3.16. The highest BCUT2D eigenvalue weighted by atomic mass is 32.1. The maximum absolute atomic E-state index is 11.0. The number of carbonyl (C=O) groups excluding carboxylic acids is 1. The molecule has 2 heterocycles. The molecule has 5 nitrogen and oxygen atoms in total. The largest absolute Gasteiger partial charge is 0.453 e. The monoisotopic (exact) mass is 241 g/mol. The van der Waals surface area contributed by atoms with Gasteiger partial charge in [-0.3, -0.25) is 10.2 Å². The van der Waals surface area contributed by atoms with E-state index in [1.54, 1.807) is 0 Å². The van der Waals surface area contributed by atoms with Crippen LogP contribution in [0, 0.1) is 0 Å². The number of anilines is 1. The number of carbonyl (C=O) groups is 1. The second-order valence-electron chi connectivity index (χ2n) is 3.73. The van der Waals surface area contributed by atoms with Gasteiger partial charge < -0.3 is 4.74 Å². The van der Waals surface area contributed by atoms with Crippen LogP contribution in [0.1, 0.15) is 17.7 Å². The predicted octanol–water partition coefficient (Wildman–Crippen LogP) is 1.92. The minimum absolute atomic E-state index is 0.470. The summed E-state index contributed by atoms with van der Waals surface area (Å²) in [4.78, 5) is 18.7. The molecule has 0 spiro atoms. The van der Waals surface area contributed by atoms with Gasteiger partial charge in [0.05, 0.1) is 7.11 Å². The first-order chi connectivity index (χ1) is 7.78. The van der Waals surface area contributed by atoms with E-state index in [1.165, 1.54) is 36.2 Å². The van der Waals surface area contributed by atoms with Crippen molar-refractivity contribution in [1.29, 1.82) is 0 Å². The van der Waals surface area contributed by atoms with Crippen LogP contribution in [0.2, 0.25) is 0 Å². The fourth-order valence-corrected chi connectivity index (χ4v) is 2.58. The molecular formula is C10H15N3O2S. The Balaban J connectivity index is 1.88. The van der Waals surface area contributed by atoms with E-state index in [4.69, 9.17) is 0 Å². The molecule has 2 rings (SSSR count). The third-order valence-electron chi connectivity index (χ3n) is 2.53. The fraction of sp³-hybridized carbons (Fsp3) is 0.600.